The number of nitrogens with zero attached hydrogens (tertiary/aromatic N) is 1. The number of piperidine rings is 1. The molecule has 3 nitrogen and oxygen atoms in total. The first-order valence-electron chi connectivity index (χ1n) is 10.4. The molecule has 142 valence electrons. The first-order valence-corrected chi connectivity index (χ1v) is 10.4. The largest absolute Gasteiger partial charge is 0.349 e. The number of nitrogens with one attached hydrogen (secondary N) is 1. The average Bonchev–Trinajstić information content (AvgIpc) is 2.70. The van der Waals surface area contributed by atoms with Crippen LogP contribution in [0.2, 0.25) is 0 Å². The van der Waals surface area contributed by atoms with E-state index in [0.717, 1.165) is 51.7 Å². The Kier molecular flexibility index (Phi) is 5.58. The summed E-state index contributed by atoms with van der Waals surface area (Å²) in [4.78, 5) is 15.4. The lowest BCUT2D eigenvalue weighted by atomic mass is 9.87. The predicted molar refractivity (Wildman–Crippen MR) is 109 cm³/mol. The molecule has 1 heterocycles. The molecule has 0 bridgehead atoms. The molecule has 0 spiro atoms. The van der Waals surface area contributed by atoms with Gasteiger partial charge in [-0.1, -0.05) is 48.5 Å². The quantitative estimate of drug-likeness (QED) is 0.874. The molecule has 2 aromatic rings. The highest BCUT2D eigenvalue weighted by atomic mass is 16.1. The molecule has 2 aromatic carbocycles. The highest BCUT2D eigenvalue weighted by molar-refractivity contribution is 5.79. The van der Waals surface area contributed by atoms with E-state index in [1.165, 1.54) is 22.3 Å². The Bertz CT molecular complexity index is 792. The molecule has 27 heavy (non-hydrogen) atoms. The molecule has 1 saturated heterocycles. The van der Waals surface area contributed by atoms with Crippen LogP contribution in [0.1, 0.15) is 54.0 Å². The second-order valence-corrected chi connectivity index (χ2v) is 8.13. The van der Waals surface area contributed by atoms with Crippen LogP contribution in [0.5, 0.6) is 0 Å². The van der Waals surface area contributed by atoms with Crippen LogP contribution in [0.4, 0.5) is 0 Å². The molecule has 1 aliphatic carbocycles. The zero-order valence-electron chi connectivity index (χ0n) is 16.3. The number of carbonyl (C=O) groups is 1. The standard InChI is InChI=1S/C24H30N2O/c1-18-7-2-3-9-21(18)17-26-15-13-20(14-16-26)24(27)25-23-12-6-10-19-8-4-5-11-22(19)23/h2-5,7-9,11,20,23H,6,10,12-17H2,1H3,(H,25,27)/t23-/m0/s1. The van der Waals surface area contributed by atoms with Crippen molar-refractivity contribution < 1.29 is 4.79 Å². The first-order chi connectivity index (χ1) is 13.2. The maximum atomic E-state index is 12.9. The Hall–Kier alpha value is -2.13. The summed E-state index contributed by atoms with van der Waals surface area (Å²) in [7, 11) is 0. The van der Waals surface area contributed by atoms with Gasteiger partial charge in [-0.25, -0.2) is 0 Å². The summed E-state index contributed by atoms with van der Waals surface area (Å²) in [6.45, 7) is 5.19. The van der Waals surface area contributed by atoms with E-state index in [-0.39, 0.29) is 17.9 Å². The van der Waals surface area contributed by atoms with Gasteiger partial charge in [0.25, 0.3) is 0 Å². The van der Waals surface area contributed by atoms with Crippen molar-refractivity contribution in [3.05, 3.63) is 70.8 Å². The lowest BCUT2D eigenvalue weighted by molar-refractivity contribution is -0.127. The molecular formula is C24H30N2O. The van der Waals surface area contributed by atoms with Crippen LogP contribution in [0.15, 0.2) is 48.5 Å². The van der Waals surface area contributed by atoms with Gasteiger partial charge < -0.3 is 5.32 Å². The van der Waals surface area contributed by atoms with E-state index < -0.39 is 0 Å². The van der Waals surface area contributed by atoms with Crippen molar-refractivity contribution in [2.45, 2.75) is 51.6 Å². The number of rotatable bonds is 4. The molecule has 4 rings (SSSR count). The van der Waals surface area contributed by atoms with Crippen LogP contribution in [-0.2, 0) is 17.8 Å². The molecule has 2 aliphatic rings. The van der Waals surface area contributed by atoms with Crippen molar-refractivity contribution in [1.82, 2.24) is 10.2 Å². The summed E-state index contributed by atoms with van der Waals surface area (Å²) in [5.74, 6) is 0.416. The average molecular weight is 363 g/mol. The smallest absolute Gasteiger partial charge is 0.223 e. The van der Waals surface area contributed by atoms with E-state index in [1.54, 1.807) is 0 Å². The van der Waals surface area contributed by atoms with Gasteiger partial charge in [-0.05, 0) is 74.4 Å². The van der Waals surface area contributed by atoms with Gasteiger partial charge in [-0.3, -0.25) is 9.69 Å². The molecule has 3 heteroatoms. The number of amides is 1. The number of hydrogen-bond donors (Lipinski definition) is 1. The van der Waals surface area contributed by atoms with Gasteiger partial charge in [0.2, 0.25) is 5.91 Å². The van der Waals surface area contributed by atoms with E-state index in [9.17, 15) is 4.79 Å². The van der Waals surface area contributed by atoms with E-state index in [0.29, 0.717) is 0 Å². The second kappa shape index (κ2) is 8.26. The Morgan fingerprint density at radius 1 is 1.04 bits per heavy atom. The maximum absolute atomic E-state index is 12.9. The lowest BCUT2D eigenvalue weighted by Crippen LogP contribution is -2.41. The number of carbonyl (C=O) groups excluding carboxylic acids is 1. The fourth-order valence-corrected chi connectivity index (χ4v) is 4.58. The second-order valence-electron chi connectivity index (χ2n) is 8.13. The number of hydrogen-bond acceptors (Lipinski definition) is 2. The number of fused-ring (bicyclic) bond motifs is 1. The summed E-state index contributed by atoms with van der Waals surface area (Å²) < 4.78 is 0. The normalized spacial score (nSPS) is 20.9. The zero-order chi connectivity index (χ0) is 18.6. The third-order valence-electron chi connectivity index (χ3n) is 6.30. The van der Waals surface area contributed by atoms with Gasteiger partial charge in [-0.15, -0.1) is 0 Å². The van der Waals surface area contributed by atoms with Crippen molar-refractivity contribution in [2.24, 2.45) is 5.92 Å². The van der Waals surface area contributed by atoms with Crippen LogP contribution in [0.25, 0.3) is 0 Å². The van der Waals surface area contributed by atoms with Crippen molar-refractivity contribution in [1.29, 1.82) is 0 Å². The van der Waals surface area contributed by atoms with E-state index in [2.05, 4.69) is 65.7 Å². The third kappa shape index (κ3) is 4.24. The SMILES string of the molecule is Cc1ccccc1CN1CCC(C(=O)N[C@H]2CCCc3ccccc32)CC1. The Morgan fingerprint density at radius 3 is 2.59 bits per heavy atom. The van der Waals surface area contributed by atoms with Crippen molar-refractivity contribution in [3.8, 4) is 0 Å². The molecule has 0 saturated carbocycles. The van der Waals surface area contributed by atoms with Gasteiger partial charge in [-0.2, -0.15) is 0 Å². The van der Waals surface area contributed by atoms with Crippen LogP contribution < -0.4 is 5.32 Å². The van der Waals surface area contributed by atoms with Gasteiger partial charge in [0, 0.05) is 12.5 Å². The van der Waals surface area contributed by atoms with Crippen LogP contribution in [0, 0.1) is 12.8 Å². The van der Waals surface area contributed by atoms with Gasteiger partial charge in [0.15, 0.2) is 0 Å². The van der Waals surface area contributed by atoms with Crippen LogP contribution in [-0.4, -0.2) is 23.9 Å². The maximum Gasteiger partial charge on any atom is 0.223 e. The van der Waals surface area contributed by atoms with Crippen LogP contribution >= 0.6 is 0 Å². The summed E-state index contributed by atoms with van der Waals surface area (Å²) in [6.07, 6.45) is 5.30. The highest BCUT2D eigenvalue weighted by Crippen LogP contribution is 2.30. The predicted octanol–water partition coefficient (Wildman–Crippen LogP) is 4.40. The topological polar surface area (TPSA) is 32.3 Å². The Balaban J connectivity index is 1.31. The van der Waals surface area contributed by atoms with Crippen molar-refractivity contribution >= 4 is 5.91 Å². The minimum Gasteiger partial charge on any atom is -0.349 e. The fraction of sp³-hybridized carbons (Fsp3) is 0.458. The Morgan fingerprint density at radius 2 is 1.78 bits per heavy atom. The molecule has 0 radical (unpaired) electrons. The monoisotopic (exact) mass is 362 g/mol. The van der Waals surface area contributed by atoms with Crippen LogP contribution in [0.3, 0.4) is 0 Å². The van der Waals surface area contributed by atoms with E-state index in [1.807, 2.05) is 0 Å². The number of benzene rings is 2. The minimum atomic E-state index is 0.159. The van der Waals surface area contributed by atoms with E-state index in [4.69, 9.17) is 0 Å². The molecule has 1 N–H and O–H groups in total. The number of aryl methyl sites for hydroxylation is 2. The summed E-state index contributed by atoms with van der Waals surface area (Å²) in [5, 5.41) is 3.36. The summed E-state index contributed by atoms with van der Waals surface area (Å²) >= 11 is 0. The summed E-state index contributed by atoms with van der Waals surface area (Å²) in [5.41, 5.74) is 5.49. The molecule has 1 fully saturated rings. The van der Waals surface area contributed by atoms with Crippen molar-refractivity contribution in [2.75, 3.05) is 13.1 Å². The molecular weight excluding hydrogens is 332 g/mol. The first kappa shape index (κ1) is 18.2. The highest BCUT2D eigenvalue weighted by Gasteiger charge is 2.28. The molecule has 1 amide bonds. The molecule has 1 atom stereocenters. The van der Waals surface area contributed by atoms with E-state index >= 15 is 0 Å². The molecule has 0 aromatic heterocycles. The molecule has 0 unspecified atom stereocenters. The fourth-order valence-electron chi connectivity index (χ4n) is 4.58. The van der Waals surface area contributed by atoms with Crippen molar-refractivity contribution in [3.63, 3.8) is 0 Å². The zero-order valence-corrected chi connectivity index (χ0v) is 16.3. The summed E-state index contributed by atoms with van der Waals surface area (Å²) in [6, 6.07) is 17.4. The minimum absolute atomic E-state index is 0.159. The third-order valence-corrected chi connectivity index (χ3v) is 6.30. The number of likely N-dealkylation sites (tertiary alicyclic amines) is 1. The van der Waals surface area contributed by atoms with Gasteiger partial charge >= 0.3 is 0 Å². The lowest BCUT2D eigenvalue weighted by Gasteiger charge is -2.33. The van der Waals surface area contributed by atoms with Gasteiger partial charge in [0.1, 0.15) is 0 Å². The molecule has 1 aliphatic heterocycles. The van der Waals surface area contributed by atoms with Gasteiger partial charge in [0.05, 0.1) is 6.04 Å². The Labute approximate surface area is 162 Å².